The highest BCUT2D eigenvalue weighted by Gasteiger charge is 2.21. The first-order valence-electron chi connectivity index (χ1n) is 5.99. The zero-order chi connectivity index (χ0) is 12.3. The molecule has 1 unspecified atom stereocenters. The number of rotatable bonds is 4. The second-order valence-corrected chi connectivity index (χ2v) is 4.21. The zero-order valence-corrected chi connectivity index (χ0v) is 9.93. The predicted molar refractivity (Wildman–Crippen MR) is 60.0 cm³/mol. The van der Waals surface area contributed by atoms with Crippen molar-refractivity contribution in [3.05, 3.63) is 11.4 Å². The van der Waals surface area contributed by atoms with Crippen LogP contribution >= 0.6 is 0 Å². The first-order valence-corrected chi connectivity index (χ1v) is 5.99. The van der Waals surface area contributed by atoms with E-state index in [4.69, 9.17) is 9.84 Å². The van der Waals surface area contributed by atoms with Crippen LogP contribution in [0.1, 0.15) is 42.4 Å². The van der Waals surface area contributed by atoms with E-state index in [0.717, 1.165) is 25.9 Å². The molecule has 1 N–H and O–H groups in total. The summed E-state index contributed by atoms with van der Waals surface area (Å²) in [6.45, 7) is 3.29. The third-order valence-corrected chi connectivity index (χ3v) is 3.03. The Morgan fingerprint density at radius 3 is 3.00 bits per heavy atom. The second-order valence-electron chi connectivity index (χ2n) is 4.21. The molecule has 6 heteroatoms. The molecule has 2 rings (SSSR count). The lowest BCUT2D eigenvalue weighted by molar-refractivity contribution is 0.00323. The summed E-state index contributed by atoms with van der Waals surface area (Å²) in [6, 6.07) is 0. The van der Waals surface area contributed by atoms with E-state index in [2.05, 4.69) is 10.3 Å². The standard InChI is InChI=1S/C11H17N3O3/c1-2-9-10(11(15)16)12-13-14(9)7-8-5-3-4-6-17-8/h8H,2-7H2,1H3,(H,15,16). The van der Waals surface area contributed by atoms with Crippen molar-refractivity contribution in [1.82, 2.24) is 15.0 Å². The fourth-order valence-electron chi connectivity index (χ4n) is 2.14. The summed E-state index contributed by atoms with van der Waals surface area (Å²) >= 11 is 0. The molecule has 1 fully saturated rings. The summed E-state index contributed by atoms with van der Waals surface area (Å²) in [5.74, 6) is -1.02. The van der Waals surface area contributed by atoms with E-state index in [0.29, 0.717) is 18.7 Å². The van der Waals surface area contributed by atoms with E-state index in [1.54, 1.807) is 4.68 Å². The van der Waals surface area contributed by atoms with Gasteiger partial charge in [0.25, 0.3) is 0 Å². The van der Waals surface area contributed by atoms with Gasteiger partial charge in [-0.3, -0.25) is 0 Å². The van der Waals surface area contributed by atoms with Gasteiger partial charge in [0, 0.05) is 6.61 Å². The number of hydrogen-bond acceptors (Lipinski definition) is 4. The van der Waals surface area contributed by atoms with Crippen molar-refractivity contribution in [2.75, 3.05) is 6.61 Å². The highest BCUT2D eigenvalue weighted by atomic mass is 16.5. The number of hydrogen-bond donors (Lipinski definition) is 1. The Kier molecular flexibility index (Phi) is 3.73. The molecule has 94 valence electrons. The third kappa shape index (κ3) is 2.63. The number of carboxylic acid groups (broad SMARTS) is 1. The number of carboxylic acids is 1. The molecule has 0 radical (unpaired) electrons. The molecule has 2 heterocycles. The van der Waals surface area contributed by atoms with Crippen molar-refractivity contribution in [2.24, 2.45) is 0 Å². The maximum Gasteiger partial charge on any atom is 0.358 e. The quantitative estimate of drug-likeness (QED) is 0.851. The van der Waals surface area contributed by atoms with Gasteiger partial charge in [-0.2, -0.15) is 0 Å². The van der Waals surface area contributed by atoms with Crippen molar-refractivity contribution >= 4 is 5.97 Å². The van der Waals surface area contributed by atoms with Gasteiger partial charge in [0.05, 0.1) is 18.3 Å². The summed E-state index contributed by atoms with van der Waals surface area (Å²) in [4.78, 5) is 10.9. The van der Waals surface area contributed by atoms with Gasteiger partial charge < -0.3 is 9.84 Å². The third-order valence-electron chi connectivity index (χ3n) is 3.03. The molecule has 0 spiro atoms. The van der Waals surface area contributed by atoms with Gasteiger partial charge in [-0.25, -0.2) is 9.48 Å². The Labute approximate surface area is 99.6 Å². The molecule has 6 nitrogen and oxygen atoms in total. The summed E-state index contributed by atoms with van der Waals surface area (Å²) in [5.41, 5.74) is 0.731. The lowest BCUT2D eigenvalue weighted by Crippen LogP contribution is -2.26. The molecule has 0 aromatic carbocycles. The van der Waals surface area contributed by atoms with E-state index in [-0.39, 0.29) is 11.8 Å². The molecule has 17 heavy (non-hydrogen) atoms. The van der Waals surface area contributed by atoms with Crippen LogP contribution in [0.4, 0.5) is 0 Å². The summed E-state index contributed by atoms with van der Waals surface area (Å²) in [5, 5.41) is 16.6. The Balaban J connectivity index is 2.12. The summed E-state index contributed by atoms with van der Waals surface area (Å²) < 4.78 is 7.28. The van der Waals surface area contributed by atoms with Gasteiger partial charge in [0.15, 0.2) is 5.69 Å². The highest BCUT2D eigenvalue weighted by Crippen LogP contribution is 2.16. The maximum absolute atomic E-state index is 10.9. The molecule has 1 aromatic heterocycles. The molecular formula is C11H17N3O3. The van der Waals surface area contributed by atoms with Gasteiger partial charge in [-0.05, 0) is 25.7 Å². The van der Waals surface area contributed by atoms with E-state index in [1.807, 2.05) is 6.92 Å². The average Bonchev–Trinajstić information content (AvgIpc) is 2.73. The van der Waals surface area contributed by atoms with Crippen molar-refractivity contribution < 1.29 is 14.6 Å². The first kappa shape index (κ1) is 12.0. The van der Waals surface area contributed by atoms with Gasteiger partial charge in [0.1, 0.15) is 0 Å². The fraction of sp³-hybridized carbons (Fsp3) is 0.727. The van der Waals surface area contributed by atoms with Crippen molar-refractivity contribution in [1.29, 1.82) is 0 Å². The van der Waals surface area contributed by atoms with E-state index < -0.39 is 5.97 Å². The Bertz CT molecular complexity index is 397. The van der Waals surface area contributed by atoms with Crippen molar-refractivity contribution in [3.63, 3.8) is 0 Å². The largest absolute Gasteiger partial charge is 0.476 e. The van der Waals surface area contributed by atoms with Crippen LogP contribution in [0.15, 0.2) is 0 Å². The van der Waals surface area contributed by atoms with Crippen LogP contribution in [0.25, 0.3) is 0 Å². The van der Waals surface area contributed by atoms with Crippen LogP contribution in [-0.2, 0) is 17.7 Å². The lowest BCUT2D eigenvalue weighted by atomic mass is 10.1. The Morgan fingerprint density at radius 2 is 2.41 bits per heavy atom. The van der Waals surface area contributed by atoms with E-state index >= 15 is 0 Å². The van der Waals surface area contributed by atoms with Gasteiger partial charge in [0.2, 0.25) is 0 Å². The maximum atomic E-state index is 10.9. The lowest BCUT2D eigenvalue weighted by Gasteiger charge is -2.22. The van der Waals surface area contributed by atoms with Crippen LogP contribution in [-0.4, -0.2) is 38.8 Å². The van der Waals surface area contributed by atoms with Crippen molar-refractivity contribution in [2.45, 2.75) is 45.3 Å². The first-order chi connectivity index (χ1) is 8.22. The molecule has 0 saturated carbocycles. The van der Waals surface area contributed by atoms with Gasteiger partial charge in [-0.15, -0.1) is 5.10 Å². The normalized spacial score (nSPS) is 20.4. The van der Waals surface area contributed by atoms with Gasteiger partial charge in [-0.1, -0.05) is 12.1 Å². The molecule has 1 saturated heterocycles. The molecular weight excluding hydrogens is 222 g/mol. The summed E-state index contributed by atoms with van der Waals surface area (Å²) in [6.07, 6.45) is 4.02. The molecule has 1 atom stereocenters. The van der Waals surface area contributed by atoms with Crippen molar-refractivity contribution in [3.8, 4) is 0 Å². The molecule has 0 bridgehead atoms. The topological polar surface area (TPSA) is 77.2 Å². The minimum atomic E-state index is -1.02. The molecule has 1 aliphatic rings. The second kappa shape index (κ2) is 5.27. The van der Waals surface area contributed by atoms with Gasteiger partial charge >= 0.3 is 5.97 Å². The zero-order valence-electron chi connectivity index (χ0n) is 9.93. The number of aromatic carboxylic acids is 1. The average molecular weight is 239 g/mol. The SMILES string of the molecule is CCc1c(C(=O)O)nnn1CC1CCCCO1. The number of aromatic nitrogens is 3. The molecule has 0 amide bonds. The molecule has 1 aromatic rings. The molecule has 1 aliphatic heterocycles. The summed E-state index contributed by atoms with van der Waals surface area (Å²) in [7, 11) is 0. The Hall–Kier alpha value is -1.43. The fourth-order valence-corrected chi connectivity index (χ4v) is 2.14. The van der Waals surface area contributed by atoms with Crippen LogP contribution in [0.2, 0.25) is 0 Å². The van der Waals surface area contributed by atoms with E-state index in [1.165, 1.54) is 0 Å². The van der Waals surface area contributed by atoms with Crippen LogP contribution < -0.4 is 0 Å². The minimum Gasteiger partial charge on any atom is -0.476 e. The minimum absolute atomic E-state index is 0.0586. The van der Waals surface area contributed by atoms with Crippen LogP contribution in [0, 0.1) is 0 Å². The number of carbonyl (C=O) groups is 1. The smallest absolute Gasteiger partial charge is 0.358 e. The van der Waals surface area contributed by atoms with E-state index in [9.17, 15) is 4.79 Å². The number of ether oxygens (including phenoxy) is 1. The Morgan fingerprint density at radius 1 is 1.59 bits per heavy atom. The number of nitrogens with zero attached hydrogens (tertiary/aromatic N) is 3. The van der Waals surface area contributed by atoms with Crippen LogP contribution in [0.3, 0.4) is 0 Å². The van der Waals surface area contributed by atoms with Crippen LogP contribution in [0.5, 0.6) is 0 Å². The molecule has 0 aliphatic carbocycles. The monoisotopic (exact) mass is 239 g/mol. The predicted octanol–water partition coefficient (Wildman–Crippen LogP) is 1.11. The highest BCUT2D eigenvalue weighted by molar-refractivity contribution is 5.86.